The Kier molecular flexibility index (Phi) is 4.51. The van der Waals surface area contributed by atoms with Crippen LogP contribution >= 0.6 is 0 Å². The number of hydrogen-bond donors (Lipinski definition) is 0. The zero-order valence-electron chi connectivity index (χ0n) is 11.0. The van der Waals surface area contributed by atoms with Crippen molar-refractivity contribution in [3.63, 3.8) is 0 Å². The van der Waals surface area contributed by atoms with Crippen LogP contribution in [0.15, 0.2) is 60.3 Å². The van der Waals surface area contributed by atoms with Crippen LogP contribution < -0.4 is 0 Å². The van der Waals surface area contributed by atoms with E-state index in [9.17, 15) is 0 Å². The largest absolute Gasteiger partial charge is 0.390 e. The molecule has 1 radical (unpaired) electrons. The van der Waals surface area contributed by atoms with Crippen LogP contribution in [0.4, 0.5) is 0 Å². The molecule has 0 spiro atoms. The minimum Gasteiger partial charge on any atom is -0.390 e. The van der Waals surface area contributed by atoms with Crippen molar-refractivity contribution >= 4 is 12.3 Å². The molecule has 0 atom stereocenters. The van der Waals surface area contributed by atoms with Gasteiger partial charge >= 0.3 is 0 Å². The van der Waals surface area contributed by atoms with E-state index in [0.717, 1.165) is 22.3 Å². The molecule has 2 nitrogen and oxygen atoms in total. The molecule has 0 bridgehead atoms. The number of nitrogens with zero attached hydrogens (tertiary/aromatic N) is 1. The number of hydrogen-bond acceptors (Lipinski definition) is 2. The highest BCUT2D eigenvalue weighted by molar-refractivity contribution is 5.81. The van der Waals surface area contributed by atoms with E-state index in [1.54, 1.807) is 0 Å². The highest BCUT2D eigenvalue weighted by atomic mass is 16.6. The topological polar surface area (TPSA) is 21.6 Å². The zero-order chi connectivity index (χ0) is 13.5. The Morgan fingerprint density at radius 1 is 1.21 bits per heavy atom. The van der Waals surface area contributed by atoms with Crippen molar-refractivity contribution in [1.82, 2.24) is 0 Å². The minimum atomic E-state index is 0.431. The van der Waals surface area contributed by atoms with Crippen molar-refractivity contribution in [3.8, 4) is 0 Å². The Balaban J connectivity index is 1.93. The third-order valence-corrected chi connectivity index (χ3v) is 2.79. The normalized spacial score (nSPS) is 10.6. The maximum atomic E-state index is 5.26. The fraction of sp³-hybridized carbons (Fsp3) is 0.118. The maximum Gasteiger partial charge on any atom is 0.142 e. The Morgan fingerprint density at radius 2 is 2.05 bits per heavy atom. The molecule has 0 saturated carbocycles. The Morgan fingerprint density at radius 3 is 2.84 bits per heavy atom. The van der Waals surface area contributed by atoms with Crippen LogP contribution in [0.5, 0.6) is 0 Å². The molecule has 0 aliphatic carbocycles. The van der Waals surface area contributed by atoms with E-state index in [0.29, 0.717) is 6.61 Å². The van der Waals surface area contributed by atoms with E-state index in [4.69, 9.17) is 4.84 Å². The first-order chi connectivity index (χ1) is 9.29. The van der Waals surface area contributed by atoms with Crippen LogP contribution in [0, 0.1) is 6.92 Å². The molecule has 0 amide bonds. The van der Waals surface area contributed by atoms with E-state index in [2.05, 4.69) is 17.9 Å². The quantitative estimate of drug-likeness (QED) is 0.579. The summed E-state index contributed by atoms with van der Waals surface area (Å²) < 4.78 is 0. The van der Waals surface area contributed by atoms with Gasteiger partial charge in [-0.3, -0.25) is 0 Å². The molecular formula is C17H16NO. The van der Waals surface area contributed by atoms with Gasteiger partial charge in [-0.05, 0) is 29.7 Å². The van der Waals surface area contributed by atoms with Crippen molar-refractivity contribution in [2.45, 2.75) is 13.5 Å². The fourth-order valence-corrected chi connectivity index (χ4v) is 1.70. The SMILES string of the molecule is C=Cc1cccc(CO/N=[C]\c2ccccc2C)c1. The smallest absolute Gasteiger partial charge is 0.142 e. The van der Waals surface area contributed by atoms with E-state index in [1.807, 2.05) is 61.5 Å². The standard InChI is InChI=1S/C17H16NO/c1-3-15-8-6-9-16(11-15)13-19-18-12-17-10-5-4-7-14(17)2/h3-11H,1,13H2,2H3. The van der Waals surface area contributed by atoms with E-state index in [1.165, 1.54) is 0 Å². The maximum absolute atomic E-state index is 5.26. The summed E-state index contributed by atoms with van der Waals surface area (Å²) in [6.45, 7) is 6.19. The van der Waals surface area contributed by atoms with Gasteiger partial charge in [0, 0.05) is 5.56 Å². The average molecular weight is 250 g/mol. The van der Waals surface area contributed by atoms with Gasteiger partial charge in [-0.1, -0.05) is 60.3 Å². The minimum absolute atomic E-state index is 0.431. The molecule has 95 valence electrons. The Bertz CT molecular complexity index is 587. The summed E-state index contributed by atoms with van der Waals surface area (Å²) in [5.41, 5.74) is 4.21. The summed E-state index contributed by atoms with van der Waals surface area (Å²) in [5, 5.41) is 3.88. The van der Waals surface area contributed by atoms with Gasteiger partial charge in [-0.25, -0.2) is 0 Å². The molecule has 0 fully saturated rings. The molecule has 19 heavy (non-hydrogen) atoms. The third-order valence-electron chi connectivity index (χ3n) is 2.79. The van der Waals surface area contributed by atoms with E-state index in [-0.39, 0.29) is 0 Å². The predicted octanol–water partition coefficient (Wildman–Crippen LogP) is 4.07. The van der Waals surface area contributed by atoms with Gasteiger partial charge in [0.05, 0.1) is 0 Å². The first-order valence-corrected chi connectivity index (χ1v) is 6.14. The second kappa shape index (κ2) is 6.55. The lowest BCUT2D eigenvalue weighted by molar-refractivity contribution is 0.132. The van der Waals surface area contributed by atoms with Crippen LogP contribution in [0.1, 0.15) is 22.3 Å². The number of benzene rings is 2. The molecule has 0 aliphatic rings. The highest BCUT2D eigenvalue weighted by Gasteiger charge is 1.95. The summed E-state index contributed by atoms with van der Waals surface area (Å²) in [7, 11) is 0. The molecule has 0 heterocycles. The number of rotatable bonds is 5. The summed E-state index contributed by atoms with van der Waals surface area (Å²) in [4.78, 5) is 5.26. The zero-order valence-corrected chi connectivity index (χ0v) is 11.0. The third kappa shape index (κ3) is 3.81. The molecular weight excluding hydrogens is 234 g/mol. The van der Waals surface area contributed by atoms with Gasteiger partial charge in [0.1, 0.15) is 12.8 Å². The first kappa shape index (κ1) is 13.1. The van der Waals surface area contributed by atoms with Crippen LogP contribution in [0.25, 0.3) is 6.08 Å². The monoisotopic (exact) mass is 250 g/mol. The fourth-order valence-electron chi connectivity index (χ4n) is 1.70. The van der Waals surface area contributed by atoms with Gasteiger partial charge in [-0.15, -0.1) is 0 Å². The second-order valence-electron chi connectivity index (χ2n) is 4.24. The molecule has 2 aromatic carbocycles. The van der Waals surface area contributed by atoms with Crippen LogP contribution in [-0.2, 0) is 11.4 Å². The molecule has 2 aromatic rings. The van der Waals surface area contributed by atoms with Gasteiger partial charge < -0.3 is 4.84 Å². The van der Waals surface area contributed by atoms with Crippen molar-refractivity contribution in [2.24, 2.45) is 5.16 Å². The molecule has 0 unspecified atom stereocenters. The molecule has 2 rings (SSSR count). The Labute approximate surface area is 114 Å². The van der Waals surface area contributed by atoms with Crippen molar-refractivity contribution in [3.05, 3.63) is 77.4 Å². The molecule has 0 saturated heterocycles. The average Bonchev–Trinajstić information content (AvgIpc) is 2.45. The van der Waals surface area contributed by atoms with Gasteiger partial charge in [0.25, 0.3) is 0 Å². The molecule has 0 N–H and O–H groups in total. The van der Waals surface area contributed by atoms with Gasteiger partial charge in [-0.2, -0.15) is 0 Å². The van der Waals surface area contributed by atoms with Gasteiger partial charge in [0.15, 0.2) is 0 Å². The lowest BCUT2D eigenvalue weighted by atomic mass is 10.1. The van der Waals surface area contributed by atoms with Crippen molar-refractivity contribution in [1.29, 1.82) is 0 Å². The predicted molar refractivity (Wildman–Crippen MR) is 79.0 cm³/mol. The summed E-state index contributed by atoms with van der Waals surface area (Å²) in [6, 6.07) is 15.9. The van der Waals surface area contributed by atoms with E-state index >= 15 is 0 Å². The molecule has 0 aliphatic heterocycles. The first-order valence-electron chi connectivity index (χ1n) is 6.14. The van der Waals surface area contributed by atoms with Crippen molar-refractivity contribution in [2.75, 3.05) is 0 Å². The van der Waals surface area contributed by atoms with Crippen LogP contribution in [0.3, 0.4) is 0 Å². The van der Waals surface area contributed by atoms with Crippen molar-refractivity contribution < 1.29 is 4.84 Å². The summed E-state index contributed by atoms with van der Waals surface area (Å²) in [6.07, 6.45) is 4.71. The Hall–Kier alpha value is -2.35. The summed E-state index contributed by atoms with van der Waals surface area (Å²) >= 11 is 0. The molecule has 2 heteroatoms. The second-order valence-corrected chi connectivity index (χ2v) is 4.24. The molecule has 0 aromatic heterocycles. The lowest BCUT2D eigenvalue weighted by Crippen LogP contribution is -1.90. The highest BCUT2D eigenvalue weighted by Crippen LogP contribution is 2.08. The summed E-state index contributed by atoms with van der Waals surface area (Å²) in [5.74, 6) is 0. The lowest BCUT2D eigenvalue weighted by Gasteiger charge is -2.01. The number of aryl methyl sites for hydroxylation is 1. The van der Waals surface area contributed by atoms with Crippen LogP contribution in [-0.4, -0.2) is 6.21 Å². The van der Waals surface area contributed by atoms with Crippen LogP contribution in [0.2, 0.25) is 0 Å². The van der Waals surface area contributed by atoms with Gasteiger partial charge in [0.2, 0.25) is 0 Å². The van der Waals surface area contributed by atoms with E-state index < -0.39 is 0 Å².